The van der Waals surface area contributed by atoms with Crippen LogP contribution in [0.5, 0.6) is 0 Å². The highest BCUT2D eigenvalue weighted by atomic mass is 28.3. The van der Waals surface area contributed by atoms with Crippen molar-refractivity contribution in [1.29, 1.82) is 0 Å². The minimum absolute atomic E-state index is 0.158. The Morgan fingerprint density at radius 1 is 0.714 bits per heavy atom. The van der Waals surface area contributed by atoms with Crippen molar-refractivity contribution in [2.75, 3.05) is 0 Å². The van der Waals surface area contributed by atoms with Crippen molar-refractivity contribution in [3.63, 3.8) is 0 Å². The van der Waals surface area contributed by atoms with Crippen LogP contribution in [0.4, 0.5) is 0 Å². The predicted molar refractivity (Wildman–Crippen MR) is 191 cm³/mol. The Bertz CT molecular complexity index is 1460. The molecule has 0 radical (unpaired) electrons. The number of dihydropyridines is 1. The van der Waals surface area contributed by atoms with E-state index in [0.29, 0.717) is 5.92 Å². The molecule has 4 rings (SSSR count). The molecule has 3 aromatic carbocycles. The molecule has 1 nitrogen and oxygen atoms in total. The Balaban J connectivity index is 1.95. The fourth-order valence-electron chi connectivity index (χ4n) is 7.19. The van der Waals surface area contributed by atoms with Gasteiger partial charge in [-0.1, -0.05) is 146 Å². The van der Waals surface area contributed by atoms with Crippen molar-refractivity contribution >= 4 is 31.2 Å². The summed E-state index contributed by atoms with van der Waals surface area (Å²) in [5.41, 5.74) is 16.9. The van der Waals surface area contributed by atoms with E-state index in [2.05, 4.69) is 156 Å². The van der Waals surface area contributed by atoms with Gasteiger partial charge in [-0.05, 0) is 87.9 Å². The van der Waals surface area contributed by atoms with Crippen LogP contribution in [0.2, 0.25) is 19.6 Å². The number of rotatable bonds is 6. The number of hydrogen-bond donors (Lipinski definition) is 1. The van der Waals surface area contributed by atoms with Gasteiger partial charge in [-0.25, -0.2) is 0 Å². The lowest BCUT2D eigenvalue weighted by molar-refractivity contribution is 0.302. The highest BCUT2D eigenvalue weighted by Gasteiger charge is 2.35. The lowest BCUT2D eigenvalue weighted by Crippen LogP contribution is -2.56. The minimum Gasteiger partial charge on any atom is -0.381 e. The third kappa shape index (κ3) is 6.42. The summed E-state index contributed by atoms with van der Waals surface area (Å²) in [6.45, 7) is 33.0. The van der Waals surface area contributed by atoms with Crippen LogP contribution in [-0.4, -0.2) is 14.8 Å². The molecule has 2 unspecified atom stereocenters. The van der Waals surface area contributed by atoms with Gasteiger partial charge in [0.1, 0.15) is 0 Å². The summed E-state index contributed by atoms with van der Waals surface area (Å²) in [6, 6.07) is 16.8. The molecule has 42 heavy (non-hydrogen) atoms. The average molecular weight is 576 g/mol. The molecular formula is C39H54BNSi. The predicted octanol–water partition coefficient (Wildman–Crippen LogP) is 8.38. The normalized spacial score (nSPS) is 16.5. The van der Waals surface area contributed by atoms with Crippen molar-refractivity contribution < 1.29 is 0 Å². The molecule has 2 atom stereocenters. The van der Waals surface area contributed by atoms with Gasteiger partial charge in [0.25, 0.3) is 0 Å². The highest BCUT2D eigenvalue weighted by molar-refractivity contribution is 6.96. The zero-order valence-corrected chi connectivity index (χ0v) is 29.9. The van der Waals surface area contributed by atoms with Crippen LogP contribution in [0.15, 0.2) is 65.5 Å². The molecule has 1 aliphatic rings. The Labute approximate surface area is 259 Å². The monoisotopic (exact) mass is 575 g/mol. The molecule has 0 amide bonds. The van der Waals surface area contributed by atoms with Gasteiger partial charge in [-0.2, -0.15) is 0 Å². The van der Waals surface area contributed by atoms with Gasteiger partial charge >= 0.3 is 0 Å². The van der Waals surface area contributed by atoms with E-state index in [9.17, 15) is 0 Å². The summed E-state index contributed by atoms with van der Waals surface area (Å²) in [7, 11) is -1.53. The first kappa shape index (κ1) is 32.1. The molecule has 3 aromatic rings. The first-order chi connectivity index (χ1) is 19.4. The summed E-state index contributed by atoms with van der Waals surface area (Å²) >= 11 is 0. The van der Waals surface area contributed by atoms with Gasteiger partial charge in [0.15, 0.2) is 0 Å². The lowest BCUT2D eigenvalue weighted by Gasteiger charge is -2.38. The van der Waals surface area contributed by atoms with E-state index in [-0.39, 0.29) is 18.2 Å². The maximum atomic E-state index is 3.87. The number of nitrogens with one attached hydrogen (secondary N) is 1. The molecule has 0 aliphatic carbocycles. The second-order valence-electron chi connectivity index (χ2n) is 15.3. The molecule has 0 fully saturated rings. The van der Waals surface area contributed by atoms with Crippen molar-refractivity contribution in [1.82, 2.24) is 5.32 Å². The van der Waals surface area contributed by atoms with Gasteiger partial charge < -0.3 is 5.32 Å². The largest absolute Gasteiger partial charge is 0.381 e. The van der Waals surface area contributed by atoms with Gasteiger partial charge in [0.05, 0.1) is 14.1 Å². The number of hydrogen-bond acceptors (Lipinski definition) is 1. The van der Waals surface area contributed by atoms with Crippen LogP contribution in [0.25, 0.3) is 0 Å². The van der Waals surface area contributed by atoms with Crippen LogP contribution in [0.1, 0.15) is 78.2 Å². The molecule has 0 spiro atoms. The van der Waals surface area contributed by atoms with E-state index in [1.54, 1.807) is 10.8 Å². The Hall–Kier alpha value is -2.78. The van der Waals surface area contributed by atoms with Crippen LogP contribution in [0.3, 0.4) is 0 Å². The molecule has 0 saturated carbocycles. The van der Waals surface area contributed by atoms with Crippen molar-refractivity contribution in [2.45, 2.75) is 102 Å². The fraction of sp³-hybridized carbons (Fsp3) is 0.436. The fourth-order valence-corrected chi connectivity index (χ4v) is 8.87. The quantitative estimate of drug-likeness (QED) is 0.291. The van der Waals surface area contributed by atoms with Crippen LogP contribution in [0, 0.1) is 59.8 Å². The average Bonchev–Trinajstić information content (AvgIpc) is 2.85. The maximum absolute atomic E-state index is 3.87. The second-order valence-corrected chi connectivity index (χ2v) is 20.4. The van der Waals surface area contributed by atoms with E-state index in [1.165, 1.54) is 60.9 Å². The van der Waals surface area contributed by atoms with E-state index in [4.69, 9.17) is 0 Å². The second kappa shape index (κ2) is 11.7. The SMILES string of the molecule is Cc1cc(C)c(B(c2ccc(C)c(C3C=C(C(C)C(C)(C)C)C([Si](C)(C)C)=CN3)c2)c2c(C)cc(C)cc2C)c(C)c1. The standard InChI is InChI=1S/C39H54BNSi/c1-24-17-27(4)37(28(5)18-24)40(38-29(6)19-25(2)20-30(38)7)32-16-15-26(3)33(21-32)35-22-34(31(8)39(9,10)11)36(23-41-35)42(12,13)14/h15-23,31,35,41H,1-14H3. The van der Waals surface area contributed by atoms with Gasteiger partial charge in [0, 0.05) is 0 Å². The molecular weight excluding hydrogens is 521 g/mol. The highest BCUT2D eigenvalue weighted by Crippen LogP contribution is 2.41. The van der Waals surface area contributed by atoms with Gasteiger partial charge in [-0.3, -0.25) is 0 Å². The van der Waals surface area contributed by atoms with Crippen molar-refractivity contribution in [2.24, 2.45) is 11.3 Å². The van der Waals surface area contributed by atoms with Crippen LogP contribution in [-0.2, 0) is 0 Å². The van der Waals surface area contributed by atoms with E-state index >= 15 is 0 Å². The van der Waals surface area contributed by atoms with E-state index < -0.39 is 8.07 Å². The first-order valence-electron chi connectivity index (χ1n) is 15.8. The molecule has 3 heteroatoms. The number of allylic oxidation sites excluding steroid dienone is 2. The summed E-state index contributed by atoms with van der Waals surface area (Å²) in [5, 5.41) is 5.43. The Morgan fingerprint density at radius 2 is 1.19 bits per heavy atom. The molecule has 1 heterocycles. The van der Waals surface area contributed by atoms with Crippen LogP contribution >= 0.6 is 0 Å². The number of benzene rings is 3. The first-order valence-corrected chi connectivity index (χ1v) is 19.3. The summed E-state index contributed by atoms with van der Waals surface area (Å²) in [6.07, 6.45) is 4.94. The number of aryl methyl sites for hydroxylation is 7. The molecule has 0 bridgehead atoms. The molecule has 1 aliphatic heterocycles. The third-order valence-electron chi connectivity index (χ3n) is 9.66. The third-order valence-corrected chi connectivity index (χ3v) is 11.7. The summed E-state index contributed by atoms with van der Waals surface area (Å²) in [4.78, 5) is 0. The molecule has 222 valence electrons. The molecule has 1 N–H and O–H groups in total. The summed E-state index contributed by atoms with van der Waals surface area (Å²) < 4.78 is 0. The topological polar surface area (TPSA) is 12.0 Å². The summed E-state index contributed by atoms with van der Waals surface area (Å²) in [5.74, 6) is 0.479. The zero-order valence-electron chi connectivity index (χ0n) is 28.9. The van der Waals surface area contributed by atoms with Crippen LogP contribution < -0.4 is 21.7 Å². The van der Waals surface area contributed by atoms with Gasteiger partial charge in [0.2, 0.25) is 6.71 Å². The van der Waals surface area contributed by atoms with Crippen molar-refractivity contribution in [3.05, 3.63) is 110 Å². The van der Waals surface area contributed by atoms with E-state index in [1.807, 2.05) is 0 Å². The Morgan fingerprint density at radius 3 is 1.62 bits per heavy atom. The smallest absolute Gasteiger partial charge is 0.242 e. The lowest BCUT2D eigenvalue weighted by atomic mass is 9.34. The molecule has 0 saturated heterocycles. The zero-order chi connectivity index (χ0) is 31.3. The van der Waals surface area contributed by atoms with Crippen molar-refractivity contribution in [3.8, 4) is 0 Å². The maximum Gasteiger partial charge on any atom is 0.242 e. The molecule has 0 aromatic heterocycles. The van der Waals surface area contributed by atoms with Gasteiger partial charge in [-0.15, -0.1) is 0 Å². The van der Waals surface area contributed by atoms with E-state index in [0.717, 1.165) is 0 Å². The minimum atomic E-state index is -1.53. The Kier molecular flexibility index (Phi) is 8.97.